The van der Waals surface area contributed by atoms with Gasteiger partial charge in [0.05, 0.1) is 28.4 Å². The van der Waals surface area contributed by atoms with Crippen LogP contribution in [0, 0.1) is 0 Å². The van der Waals surface area contributed by atoms with Gasteiger partial charge in [-0.05, 0) is 42.1 Å². The van der Waals surface area contributed by atoms with Crippen LogP contribution < -0.4 is 9.64 Å². The smallest absolute Gasteiger partial charge is 0.271 e. The van der Waals surface area contributed by atoms with E-state index in [1.807, 2.05) is 60.7 Å². The Morgan fingerprint density at radius 1 is 1.10 bits per heavy atom. The Hall–Kier alpha value is -3.09. The van der Waals surface area contributed by atoms with Crippen molar-refractivity contribution in [1.29, 1.82) is 0 Å². The quantitative estimate of drug-likeness (QED) is 0.518. The van der Waals surface area contributed by atoms with Crippen LogP contribution >= 0.6 is 23.4 Å². The van der Waals surface area contributed by atoms with Crippen LogP contribution in [0.5, 0.6) is 5.75 Å². The first-order chi connectivity index (χ1) is 14.2. The lowest BCUT2D eigenvalue weighted by atomic mass is 10.2. The van der Waals surface area contributed by atoms with Crippen molar-refractivity contribution in [3.63, 3.8) is 0 Å². The fourth-order valence-electron chi connectivity index (χ4n) is 2.84. The molecule has 2 aromatic carbocycles. The maximum absolute atomic E-state index is 13.3. The summed E-state index contributed by atoms with van der Waals surface area (Å²) in [6, 6.07) is 18.7. The van der Waals surface area contributed by atoms with Crippen molar-refractivity contribution in [3.8, 4) is 5.75 Å². The summed E-state index contributed by atoms with van der Waals surface area (Å²) in [5.41, 5.74) is 2.11. The Morgan fingerprint density at radius 3 is 2.62 bits per heavy atom. The van der Waals surface area contributed by atoms with Crippen LogP contribution in [0.4, 0.5) is 11.4 Å². The van der Waals surface area contributed by atoms with Gasteiger partial charge in [0.2, 0.25) is 0 Å². The maximum Gasteiger partial charge on any atom is 0.271 e. The van der Waals surface area contributed by atoms with Gasteiger partial charge in [-0.1, -0.05) is 48.0 Å². The Morgan fingerprint density at radius 2 is 1.86 bits per heavy atom. The third-order valence-corrected chi connectivity index (χ3v) is 5.47. The monoisotopic (exact) mass is 421 g/mol. The predicted molar refractivity (Wildman–Crippen MR) is 119 cm³/mol. The molecule has 1 saturated heterocycles. The summed E-state index contributed by atoms with van der Waals surface area (Å²) < 4.78 is 5.41. The Labute approximate surface area is 177 Å². The molecule has 0 atom stereocenters. The molecule has 1 aliphatic heterocycles. The number of benzene rings is 2. The van der Waals surface area contributed by atoms with E-state index in [0.717, 1.165) is 11.3 Å². The number of hydrogen-bond donors (Lipinski definition) is 0. The molecule has 0 saturated carbocycles. The lowest BCUT2D eigenvalue weighted by Crippen LogP contribution is -2.28. The number of anilines is 1. The third-order valence-electron chi connectivity index (χ3n) is 4.21. The molecular formula is C22H16ClN3O2S. The summed E-state index contributed by atoms with van der Waals surface area (Å²) >= 11 is 7.52. The number of rotatable bonds is 4. The van der Waals surface area contributed by atoms with E-state index in [0.29, 0.717) is 26.5 Å². The summed E-state index contributed by atoms with van der Waals surface area (Å²) in [5, 5.41) is 0.943. The van der Waals surface area contributed by atoms with Crippen LogP contribution in [-0.4, -0.2) is 23.2 Å². The van der Waals surface area contributed by atoms with Gasteiger partial charge >= 0.3 is 0 Å². The molecule has 4 rings (SSSR count). The molecule has 144 valence electrons. The van der Waals surface area contributed by atoms with Crippen molar-refractivity contribution in [2.24, 2.45) is 4.99 Å². The van der Waals surface area contributed by atoms with Gasteiger partial charge in [0.15, 0.2) is 5.17 Å². The summed E-state index contributed by atoms with van der Waals surface area (Å²) in [6.45, 7) is 0. The van der Waals surface area contributed by atoms with E-state index in [9.17, 15) is 4.79 Å². The number of aliphatic imine (C=N–C) groups is 1. The number of ether oxygens (including phenoxy) is 1. The molecule has 1 aromatic heterocycles. The molecule has 5 nitrogen and oxygen atoms in total. The number of aromatic nitrogens is 1. The SMILES string of the molecule is COc1ccccc1/C=C1\SC(=Nc2ccncc2Cl)N(c2ccccc2)C1=O. The Bertz CT molecular complexity index is 1120. The molecule has 0 N–H and O–H groups in total. The van der Waals surface area contributed by atoms with Gasteiger partial charge < -0.3 is 4.74 Å². The average molecular weight is 422 g/mol. The average Bonchev–Trinajstić information content (AvgIpc) is 3.05. The standard InChI is InChI=1S/C22H16ClN3O2S/c1-28-19-10-6-5-7-15(19)13-20-21(27)26(16-8-3-2-4-9-16)22(29-20)25-18-11-12-24-14-17(18)23/h2-14H,1H3/b20-13-,25-22?. The number of carbonyl (C=O) groups excluding carboxylic acids is 1. The number of pyridine rings is 1. The molecule has 0 spiro atoms. The molecule has 0 bridgehead atoms. The molecule has 3 aromatic rings. The number of carbonyl (C=O) groups is 1. The first-order valence-electron chi connectivity index (χ1n) is 8.77. The molecule has 0 unspecified atom stereocenters. The summed E-state index contributed by atoms with van der Waals surface area (Å²) in [6.07, 6.45) is 4.96. The van der Waals surface area contributed by atoms with Crippen LogP contribution in [0.3, 0.4) is 0 Å². The number of thioether (sulfide) groups is 1. The number of para-hydroxylation sites is 2. The van der Waals surface area contributed by atoms with Crippen LogP contribution in [0.25, 0.3) is 6.08 Å². The highest BCUT2D eigenvalue weighted by Crippen LogP contribution is 2.38. The van der Waals surface area contributed by atoms with Crippen molar-refractivity contribution in [1.82, 2.24) is 4.98 Å². The highest BCUT2D eigenvalue weighted by atomic mass is 35.5. The largest absolute Gasteiger partial charge is 0.496 e. The zero-order chi connectivity index (χ0) is 20.2. The Kier molecular flexibility index (Phi) is 5.64. The number of halogens is 1. The zero-order valence-electron chi connectivity index (χ0n) is 15.4. The normalized spacial score (nSPS) is 16.6. The number of nitrogens with zero attached hydrogens (tertiary/aromatic N) is 3. The maximum atomic E-state index is 13.3. The van der Waals surface area contributed by atoms with Crippen molar-refractivity contribution in [2.45, 2.75) is 0 Å². The molecule has 0 aliphatic carbocycles. The molecule has 0 radical (unpaired) electrons. The molecule has 29 heavy (non-hydrogen) atoms. The van der Waals surface area contributed by atoms with Crippen molar-refractivity contribution in [2.75, 3.05) is 12.0 Å². The van der Waals surface area contributed by atoms with E-state index in [1.54, 1.807) is 24.3 Å². The topological polar surface area (TPSA) is 54.8 Å². The van der Waals surface area contributed by atoms with Crippen molar-refractivity contribution < 1.29 is 9.53 Å². The molecule has 2 heterocycles. The number of methoxy groups -OCH3 is 1. The highest BCUT2D eigenvalue weighted by Gasteiger charge is 2.35. The van der Waals surface area contributed by atoms with E-state index < -0.39 is 0 Å². The van der Waals surface area contributed by atoms with Crippen LogP contribution in [0.1, 0.15) is 5.56 Å². The van der Waals surface area contributed by atoms with E-state index >= 15 is 0 Å². The number of hydrogen-bond acceptors (Lipinski definition) is 5. The van der Waals surface area contributed by atoms with E-state index in [4.69, 9.17) is 16.3 Å². The van der Waals surface area contributed by atoms with Crippen LogP contribution in [0.15, 0.2) is 83.0 Å². The molecule has 7 heteroatoms. The van der Waals surface area contributed by atoms with E-state index in [2.05, 4.69) is 9.98 Å². The lowest BCUT2D eigenvalue weighted by molar-refractivity contribution is -0.113. The second-order valence-electron chi connectivity index (χ2n) is 6.05. The van der Waals surface area contributed by atoms with Gasteiger partial charge in [-0.25, -0.2) is 4.99 Å². The second-order valence-corrected chi connectivity index (χ2v) is 7.47. The minimum Gasteiger partial charge on any atom is -0.496 e. The van der Waals surface area contributed by atoms with Crippen LogP contribution in [-0.2, 0) is 4.79 Å². The first-order valence-corrected chi connectivity index (χ1v) is 9.97. The van der Waals surface area contributed by atoms with Gasteiger partial charge in [0.25, 0.3) is 5.91 Å². The fraction of sp³-hybridized carbons (Fsp3) is 0.0455. The molecule has 1 amide bonds. The van der Waals surface area contributed by atoms with Gasteiger partial charge in [-0.2, -0.15) is 0 Å². The lowest BCUT2D eigenvalue weighted by Gasteiger charge is -2.15. The van der Waals surface area contributed by atoms with Gasteiger partial charge in [-0.3, -0.25) is 14.7 Å². The molecular weight excluding hydrogens is 406 g/mol. The van der Waals surface area contributed by atoms with Crippen LogP contribution in [0.2, 0.25) is 5.02 Å². The highest BCUT2D eigenvalue weighted by molar-refractivity contribution is 8.19. The zero-order valence-corrected chi connectivity index (χ0v) is 17.0. The number of amidine groups is 1. The van der Waals surface area contributed by atoms with Gasteiger partial charge in [0, 0.05) is 18.0 Å². The predicted octanol–water partition coefficient (Wildman–Crippen LogP) is 5.55. The van der Waals surface area contributed by atoms with Crippen molar-refractivity contribution >= 4 is 51.9 Å². The molecule has 1 fully saturated rings. The summed E-state index contributed by atoms with van der Waals surface area (Å²) in [7, 11) is 1.61. The Balaban J connectivity index is 1.80. The molecule has 1 aliphatic rings. The minimum atomic E-state index is -0.156. The minimum absolute atomic E-state index is 0.156. The van der Waals surface area contributed by atoms with E-state index in [1.165, 1.54) is 18.0 Å². The summed E-state index contributed by atoms with van der Waals surface area (Å²) in [5.74, 6) is 0.540. The van der Waals surface area contributed by atoms with Gasteiger partial charge in [-0.15, -0.1) is 0 Å². The summed E-state index contributed by atoms with van der Waals surface area (Å²) in [4.78, 5) is 24.0. The first kappa shape index (κ1) is 19.2. The van der Waals surface area contributed by atoms with Gasteiger partial charge in [0.1, 0.15) is 5.75 Å². The second kappa shape index (κ2) is 8.51. The number of amides is 1. The van der Waals surface area contributed by atoms with E-state index in [-0.39, 0.29) is 5.91 Å². The third kappa shape index (κ3) is 4.04. The van der Waals surface area contributed by atoms with Crippen molar-refractivity contribution in [3.05, 3.63) is 88.5 Å². The fourth-order valence-corrected chi connectivity index (χ4v) is 3.99.